The summed E-state index contributed by atoms with van der Waals surface area (Å²) < 4.78 is 23.0. The van der Waals surface area contributed by atoms with Gasteiger partial charge in [0.1, 0.15) is 30.3 Å². The van der Waals surface area contributed by atoms with Crippen LogP contribution in [0.4, 0.5) is 4.79 Å². The van der Waals surface area contributed by atoms with Crippen molar-refractivity contribution in [2.75, 3.05) is 11.5 Å². The van der Waals surface area contributed by atoms with E-state index in [4.69, 9.17) is 9.47 Å². The van der Waals surface area contributed by atoms with Crippen LogP contribution in [-0.2, 0) is 32.1 Å². The van der Waals surface area contributed by atoms with Crippen LogP contribution in [0.25, 0.3) is 0 Å². The summed E-state index contributed by atoms with van der Waals surface area (Å²) in [6.07, 6.45) is -4.13. The van der Waals surface area contributed by atoms with E-state index in [1.807, 2.05) is 6.92 Å². The number of aliphatic hydroxyl groups excluding tert-OH is 3. The molecule has 0 aliphatic carbocycles. The molecule has 1 aromatic rings. The Morgan fingerprint density at radius 3 is 2.53 bits per heavy atom. The molecule has 1 amide bonds. The van der Waals surface area contributed by atoms with Crippen LogP contribution in [0.15, 0.2) is 30.3 Å². The van der Waals surface area contributed by atoms with Crippen molar-refractivity contribution in [3.8, 4) is 0 Å². The highest BCUT2D eigenvalue weighted by atomic mass is 32.2. The minimum Gasteiger partial charge on any atom is -0.616 e. The number of benzene rings is 1. The lowest BCUT2D eigenvalue weighted by atomic mass is 9.86. The van der Waals surface area contributed by atoms with Crippen molar-refractivity contribution in [3.63, 3.8) is 0 Å². The third kappa shape index (κ3) is 7.91. The Labute approximate surface area is 189 Å². The van der Waals surface area contributed by atoms with Crippen molar-refractivity contribution in [1.82, 2.24) is 5.32 Å². The summed E-state index contributed by atoms with van der Waals surface area (Å²) in [4.78, 5) is 23.5. The molecule has 1 aliphatic heterocycles. The molecule has 180 valence electrons. The van der Waals surface area contributed by atoms with Gasteiger partial charge in [0.15, 0.2) is 12.3 Å². The SMILES string of the molecule is CCCCC1C(C[S+]([O-])CC(NC(=O)OCc2ccccc2)C(=O)O)OC(O)C(O)C1O. The normalized spacial score (nSPS) is 27.3. The largest absolute Gasteiger partial charge is 0.616 e. The summed E-state index contributed by atoms with van der Waals surface area (Å²) >= 11 is -1.77. The summed E-state index contributed by atoms with van der Waals surface area (Å²) in [5.41, 5.74) is 0.727. The minimum atomic E-state index is -1.77. The van der Waals surface area contributed by atoms with Gasteiger partial charge in [0.05, 0.1) is 6.10 Å². The molecule has 32 heavy (non-hydrogen) atoms. The highest BCUT2D eigenvalue weighted by Gasteiger charge is 2.45. The standard InChI is InChI=1S/C21H31NO9S/c1-2-3-9-14-16(31-20(27)18(24)17(14)23)12-32(29)11-15(19(25)26)22-21(28)30-10-13-7-5-4-6-8-13/h4-8,14-18,20,23-24,27H,2-3,9-12H2,1H3,(H,22,28)(H,25,26). The van der Waals surface area contributed by atoms with Crippen LogP contribution in [0.1, 0.15) is 31.7 Å². The van der Waals surface area contributed by atoms with E-state index < -0.39 is 65.6 Å². The fraction of sp³-hybridized carbons (Fsp3) is 0.619. The molecule has 1 aliphatic rings. The van der Waals surface area contributed by atoms with Gasteiger partial charge in [-0.3, -0.25) is 0 Å². The van der Waals surface area contributed by atoms with Crippen molar-refractivity contribution in [3.05, 3.63) is 35.9 Å². The molecular weight excluding hydrogens is 442 g/mol. The van der Waals surface area contributed by atoms with Gasteiger partial charge >= 0.3 is 12.1 Å². The number of nitrogens with one attached hydrogen (secondary N) is 1. The third-order valence-electron chi connectivity index (χ3n) is 5.27. The number of carbonyl (C=O) groups is 2. The molecule has 5 N–H and O–H groups in total. The van der Waals surface area contributed by atoms with Gasteiger partial charge in [-0.15, -0.1) is 0 Å². The first-order valence-electron chi connectivity index (χ1n) is 10.5. The predicted molar refractivity (Wildman–Crippen MR) is 115 cm³/mol. The number of hydrogen-bond acceptors (Lipinski definition) is 8. The molecule has 1 saturated heterocycles. The van der Waals surface area contributed by atoms with Gasteiger partial charge in [-0.2, -0.15) is 0 Å². The van der Waals surface area contributed by atoms with Crippen LogP contribution in [0.3, 0.4) is 0 Å². The van der Waals surface area contributed by atoms with Gasteiger partial charge in [0, 0.05) is 5.92 Å². The Morgan fingerprint density at radius 2 is 1.91 bits per heavy atom. The second kappa shape index (κ2) is 13.0. The van der Waals surface area contributed by atoms with E-state index in [9.17, 15) is 34.6 Å². The molecule has 2 rings (SSSR count). The number of aliphatic carboxylic acids is 1. The number of ether oxygens (including phenoxy) is 2. The highest BCUT2D eigenvalue weighted by Crippen LogP contribution is 2.30. The molecule has 7 atom stereocenters. The zero-order valence-electron chi connectivity index (χ0n) is 17.8. The first-order chi connectivity index (χ1) is 15.2. The van der Waals surface area contributed by atoms with E-state index in [0.29, 0.717) is 6.42 Å². The number of amides is 1. The van der Waals surface area contributed by atoms with Crippen LogP contribution in [0.2, 0.25) is 0 Å². The molecule has 0 saturated carbocycles. The monoisotopic (exact) mass is 473 g/mol. The van der Waals surface area contributed by atoms with Crippen LogP contribution < -0.4 is 5.32 Å². The van der Waals surface area contributed by atoms with E-state index >= 15 is 0 Å². The maximum Gasteiger partial charge on any atom is 0.408 e. The molecule has 1 fully saturated rings. The Hall–Kier alpha value is -1.89. The number of aliphatic hydroxyl groups is 3. The lowest BCUT2D eigenvalue weighted by Crippen LogP contribution is -2.56. The maximum atomic E-state index is 12.7. The van der Waals surface area contributed by atoms with Gasteiger partial charge in [0.25, 0.3) is 0 Å². The molecule has 1 heterocycles. The lowest BCUT2D eigenvalue weighted by molar-refractivity contribution is -0.264. The Kier molecular flexibility index (Phi) is 10.7. The number of rotatable bonds is 11. The van der Waals surface area contributed by atoms with Gasteiger partial charge in [-0.1, -0.05) is 50.1 Å². The Bertz CT molecular complexity index is 722. The van der Waals surface area contributed by atoms with Gasteiger partial charge in [-0.05, 0) is 23.2 Å². The van der Waals surface area contributed by atoms with Crippen molar-refractivity contribution in [2.45, 2.75) is 63.4 Å². The fourth-order valence-corrected chi connectivity index (χ4v) is 4.91. The molecule has 0 radical (unpaired) electrons. The smallest absolute Gasteiger partial charge is 0.408 e. The summed E-state index contributed by atoms with van der Waals surface area (Å²) in [6.45, 7) is 1.91. The molecule has 1 aromatic carbocycles. The molecule has 0 bridgehead atoms. The zero-order valence-corrected chi connectivity index (χ0v) is 18.6. The number of unbranched alkanes of at least 4 members (excludes halogenated alkanes) is 1. The van der Waals surface area contributed by atoms with Crippen LogP contribution in [0.5, 0.6) is 0 Å². The first-order valence-corrected chi connectivity index (χ1v) is 12.0. The Morgan fingerprint density at radius 1 is 1.22 bits per heavy atom. The minimum absolute atomic E-state index is 0.0464. The van der Waals surface area contributed by atoms with Crippen molar-refractivity contribution in [1.29, 1.82) is 0 Å². The van der Waals surface area contributed by atoms with Crippen LogP contribution in [0, 0.1) is 5.92 Å². The van der Waals surface area contributed by atoms with E-state index in [1.165, 1.54) is 0 Å². The maximum absolute atomic E-state index is 12.7. The number of alkyl carbamates (subject to hydrolysis) is 1. The number of carboxylic acids is 1. The van der Waals surface area contributed by atoms with Crippen LogP contribution in [-0.4, -0.2) is 79.2 Å². The molecular formula is C21H31NO9S. The molecule has 11 heteroatoms. The van der Waals surface area contributed by atoms with E-state index in [0.717, 1.165) is 18.4 Å². The summed E-state index contributed by atoms with van der Waals surface area (Å²) in [7, 11) is 0. The summed E-state index contributed by atoms with van der Waals surface area (Å²) in [6, 6.07) is 7.38. The second-order valence-corrected chi connectivity index (χ2v) is 9.27. The second-order valence-electron chi connectivity index (χ2n) is 7.72. The molecule has 10 nitrogen and oxygen atoms in total. The van der Waals surface area contributed by atoms with Crippen molar-refractivity contribution in [2.24, 2.45) is 5.92 Å². The van der Waals surface area contributed by atoms with E-state index in [1.54, 1.807) is 30.3 Å². The lowest BCUT2D eigenvalue weighted by Gasteiger charge is -2.41. The van der Waals surface area contributed by atoms with Crippen molar-refractivity contribution < 1.29 is 44.0 Å². The molecule has 0 aromatic heterocycles. The number of carboxylic acid groups (broad SMARTS) is 1. The summed E-state index contributed by atoms with van der Waals surface area (Å²) in [5.74, 6) is -2.52. The number of carbonyl (C=O) groups excluding carboxylic acids is 1. The quantitative estimate of drug-likeness (QED) is 0.285. The Balaban J connectivity index is 1.92. The van der Waals surface area contributed by atoms with Crippen LogP contribution >= 0.6 is 0 Å². The highest BCUT2D eigenvalue weighted by molar-refractivity contribution is 7.91. The fourth-order valence-electron chi connectivity index (χ4n) is 3.48. The molecule has 7 unspecified atom stereocenters. The first kappa shape index (κ1) is 26.4. The van der Waals surface area contributed by atoms with E-state index in [-0.39, 0.29) is 12.4 Å². The van der Waals surface area contributed by atoms with Gasteiger partial charge in [-0.25, -0.2) is 9.59 Å². The van der Waals surface area contributed by atoms with Crippen molar-refractivity contribution >= 4 is 23.2 Å². The summed E-state index contributed by atoms with van der Waals surface area (Å²) in [5, 5.41) is 41.6. The average Bonchev–Trinajstić information content (AvgIpc) is 2.76. The topological polar surface area (TPSA) is 169 Å². The average molecular weight is 474 g/mol. The zero-order chi connectivity index (χ0) is 23.7. The predicted octanol–water partition coefficient (Wildman–Crippen LogP) is 0.360. The van der Waals surface area contributed by atoms with Gasteiger partial charge < -0.3 is 39.8 Å². The van der Waals surface area contributed by atoms with E-state index in [2.05, 4.69) is 5.32 Å². The number of hydrogen-bond donors (Lipinski definition) is 5. The third-order valence-corrected chi connectivity index (χ3v) is 6.67. The van der Waals surface area contributed by atoms with Gasteiger partial charge in [0.2, 0.25) is 0 Å². The molecule has 0 spiro atoms.